The molecule has 0 atom stereocenters. The van der Waals surface area contributed by atoms with E-state index >= 15 is 0 Å². The monoisotopic (exact) mass is 453 g/mol. The Morgan fingerprint density at radius 3 is 2.47 bits per heavy atom. The number of benzene rings is 3. The van der Waals surface area contributed by atoms with Gasteiger partial charge in [-0.3, -0.25) is 4.79 Å². The predicted molar refractivity (Wildman–Crippen MR) is 126 cm³/mol. The fourth-order valence-corrected chi connectivity index (χ4v) is 5.23. The Hall–Kier alpha value is -2.94. The van der Waals surface area contributed by atoms with Gasteiger partial charge in [0, 0.05) is 19.6 Å². The number of rotatable bonds is 7. The third-order valence-electron chi connectivity index (χ3n) is 5.42. The summed E-state index contributed by atoms with van der Waals surface area (Å²) in [5.41, 5.74) is 2.02. The van der Waals surface area contributed by atoms with Crippen molar-refractivity contribution in [3.8, 4) is 0 Å². The normalized spacial score (nSPS) is 14.9. The lowest BCUT2D eigenvalue weighted by Crippen LogP contribution is -2.40. The number of anilines is 2. The first-order valence-corrected chi connectivity index (χ1v) is 12.1. The smallest absolute Gasteiger partial charge is 0.243 e. The first kappa shape index (κ1) is 22.3. The summed E-state index contributed by atoms with van der Waals surface area (Å²) >= 11 is 0. The molecule has 0 aromatic heterocycles. The Morgan fingerprint density at radius 2 is 1.72 bits per heavy atom. The van der Waals surface area contributed by atoms with Gasteiger partial charge in [0.25, 0.3) is 0 Å². The first-order chi connectivity index (χ1) is 15.5. The maximum Gasteiger partial charge on any atom is 0.243 e. The van der Waals surface area contributed by atoms with E-state index in [1.54, 1.807) is 12.1 Å². The second-order valence-corrected chi connectivity index (χ2v) is 9.60. The van der Waals surface area contributed by atoms with Gasteiger partial charge in [-0.2, -0.15) is 4.31 Å². The van der Waals surface area contributed by atoms with Gasteiger partial charge in [0.05, 0.1) is 35.9 Å². The highest BCUT2D eigenvalue weighted by molar-refractivity contribution is 7.89. The van der Waals surface area contributed by atoms with Crippen molar-refractivity contribution in [2.24, 2.45) is 0 Å². The molecular weight excluding hydrogens is 426 g/mol. The summed E-state index contributed by atoms with van der Waals surface area (Å²) in [5, 5.41) is 8.27. The van der Waals surface area contributed by atoms with E-state index in [-0.39, 0.29) is 17.2 Å². The number of hydrogen-bond acceptors (Lipinski definition) is 5. The lowest BCUT2D eigenvalue weighted by molar-refractivity contribution is -0.115. The maximum atomic E-state index is 13.0. The van der Waals surface area contributed by atoms with Crippen LogP contribution >= 0.6 is 0 Å². The minimum Gasteiger partial charge on any atom is -0.384 e. The minimum absolute atomic E-state index is 0.155. The molecule has 7 nitrogen and oxygen atoms in total. The zero-order valence-electron chi connectivity index (χ0n) is 18.0. The number of hydrogen-bond donors (Lipinski definition) is 2. The van der Waals surface area contributed by atoms with Gasteiger partial charge in [0.2, 0.25) is 15.9 Å². The highest BCUT2D eigenvalue weighted by Gasteiger charge is 2.27. The number of ether oxygens (including phenoxy) is 1. The van der Waals surface area contributed by atoms with E-state index in [1.165, 1.54) is 10.4 Å². The van der Waals surface area contributed by atoms with Crippen molar-refractivity contribution in [3.05, 3.63) is 66.2 Å². The van der Waals surface area contributed by atoms with E-state index in [0.29, 0.717) is 44.2 Å². The minimum atomic E-state index is -3.66. The van der Waals surface area contributed by atoms with Crippen LogP contribution in [0.5, 0.6) is 0 Å². The molecular formula is C24H27N3O4S. The molecule has 1 fully saturated rings. The lowest BCUT2D eigenvalue weighted by Gasteiger charge is -2.26. The van der Waals surface area contributed by atoms with Crippen LogP contribution in [0.25, 0.3) is 10.8 Å². The van der Waals surface area contributed by atoms with Gasteiger partial charge in [-0.05, 0) is 41.5 Å². The van der Waals surface area contributed by atoms with Gasteiger partial charge in [-0.25, -0.2) is 8.42 Å². The Bertz CT molecular complexity index is 1220. The molecule has 4 rings (SSSR count). The second-order valence-electron chi connectivity index (χ2n) is 7.66. The van der Waals surface area contributed by atoms with Crippen LogP contribution in [0, 0.1) is 0 Å². The number of nitrogens with one attached hydrogen (secondary N) is 2. The average Bonchev–Trinajstić information content (AvgIpc) is 2.80. The number of carbonyl (C=O) groups is 1. The molecule has 0 aliphatic carbocycles. The van der Waals surface area contributed by atoms with E-state index in [4.69, 9.17) is 4.74 Å². The first-order valence-electron chi connectivity index (χ1n) is 10.7. The van der Waals surface area contributed by atoms with Crippen LogP contribution in [0.1, 0.15) is 12.5 Å². The Morgan fingerprint density at radius 1 is 0.969 bits per heavy atom. The zero-order valence-corrected chi connectivity index (χ0v) is 18.8. The quantitative estimate of drug-likeness (QED) is 0.572. The molecule has 1 heterocycles. The molecule has 1 aliphatic rings. The molecule has 1 saturated heterocycles. The van der Waals surface area contributed by atoms with E-state index in [9.17, 15) is 13.2 Å². The van der Waals surface area contributed by atoms with Crippen LogP contribution < -0.4 is 10.6 Å². The summed E-state index contributed by atoms with van der Waals surface area (Å²) in [7, 11) is -3.66. The number of amides is 1. The van der Waals surface area contributed by atoms with Crippen LogP contribution in [0.15, 0.2) is 65.6 Å². The highest BCUT2D eigenvalue weighted by atomic mass is 32.2. The Labute approximate surface area is 188 Å². The van der Waals surface area contributed by atoms with E-state index < -0.39 is 10.0 Å². The summed E-state index contributed by atoms with van der Waals surface area (Å²) in [6.07, 6.45) is 0.191. The summed E-state index contributed by atoms with van der Waals surface area (Å²) in [6.45, 7) is 3.98. The summed E-state index contributed by atoms with van der Waals surface area (Å²) in [5.74, 6) is -0.208. The van der Waals surface area contributed by atoms with Gasteiger partial charge < -0.3 is 15.4 Å². The van der Waals surface area contributed by atoms with Crippen LogP contribution in [-0.4, -0.2) is 51.5 Å². The van der Waals surface area contributed by atoms with Gasteiger partial charge in [-0.15, -0.1) is 0 Å². The van der Waals surface area contributed by atoms with Gasteiger partial charge in [-0.1, -0.05) is 42.5 Å². The Balaban J connectivity index is 1.56. The summed E-state index contributed by atoms with van der Waals surface area (Å²) in [6, 6.07) is 18.7. The number of carbonyl (C=O) groups excluding carboxylic acids is 1. The fourth-order valence-electron chi connectivity index (χ4n) is 3.80. The molecule has 2 N–H and O–H groups in total. The van der Waals surface area contributed by atoms with Crippen molar-refractivity contribution >= 4 is 38.1 Å². The third-order valence-corrected chi connectivity index (χ3v) is 7.31. The van der Waals surface area contributed by atoms with E-state index in [0.717, 1.165) is 16.3 Å². The van der Waals surface area contributed by atoms with Crippen LogP contribution in [0.3, 0.4) is 0 Å². The molecule has 8 heteroatoms. The van der Waals surface area contributed by atoms with Crippen molar-refractivity contribution in [3.63, 3.8) is 0 Å². The van der Waals surface area contributed by atoms with Crippen molar-refractivity contribution in [2.75, 3.05) is 43.5 Å². The lowest BCUT2D eigenvalue weighted by atomic mass is 10.0. The molecule has 32 heavy (non-hydrogen) atoms. The molecule has 0 bridgehead atoms. The Kier molecular flexibility index (Phi) is 6.74. The molecule has 0 spiro atoms. The number of sulfonamides is 1. The molecule has 0 unspecified atom stereocenters. The van der Waals surface area contributed by atoms with Gasteiger partial charge >= 0.3 is 0 Å². The average molecular weight is 454 g/mol. The number of morpholine rings is 1. The zero-order chi connectivity index (χ0) is 22.6. The number of nitrogens with zero attached hydrogens (tertiary/aromatic N) is 1. The van der Waals surface area contributed by atoms with Crippen molar-refractivity contribution in [2.45, 2.75) is 18.2 Å². The summed E-state index contributed by atoms with van der Waals surface area (Å²) in [4.78, 5) is 13.0. The van der Waals surface area contributed by atoms with Crippen molar-refractivity contribution in [1.82, 2.24) is 4.31 Å². The molecule has 3 aromatic carbocycles. The molecule has 1 aliphatic heterocycles. The van der Waals surface area contributed by atoms with E-state index in [1.807, 2.05) is 49.4 Å². The molecule has 0 saturated carbocycles. The van der Waals surface area contributed by atoms with Crippen molar-refractivity contribution in [1.29, 1.82) is 0 Å². The van der Waals surface area contributed by atoms with Gasteiger partial charge in [0.1, 0.15) is 0 Å². The van der Waals surface area contributed by atoms with Gasteiger partial charge in [0.15, 0.2) is 0 Å². The molecule has 1 amide bonds. The van der Waals surface area contributed by atoms with Crippen LogP contribution in [0.2, 0.25) is 0 Å². The van der Waals surface area contributed by atoms with Crippen LogP contribution in [0.4, 0.5) is 11.4 Å². The van der Waals surface area contributed by atoms with E-state index in [2.05, 4.69) is 10.6 Å². The predicted octanol–water partition coefficient (Wildman–Crippen LogP) is 3.47. The topological polar surface area (TPSA) is 87.7 Å². The standard InChI is InChI=1S/C24H27N3O4S/c1-2-25-22-10-9-21(32(29,30)27-11-13-31-14-12-27)17-23(22)26-24(28)16-18-7-8-19-5-3-4-6-20(19)15-18/h3-10,15,17,25H,2,11-14,16H2,1H3,(H,26,28). The fraction of sp³-hybridized carbons (Fsp3) is 0.292. The number of fused-ring (bicyclic) bond motifs is 1. The maximum absolute atomic E-state index is 13.0. The van der Waals surface area contributed by atoms with Crippen molar-refractivity contribution < 1.29 is 17.9 Å². The third kappa shape index (κ3) is 4.93. The summed E-state index contributed by atoms with van der Waals surface area (Å²) < 4.78 is 32.8. The SMILES string of the molecule is CCNc1ccc(S(=O)(=O)N2CCOCC2)cc1NC(=O)Cc1ccc2ccccc2c1. The highest BCUT2D eigenvalue weighted by Crippen LogP contribution is 2.28. The largest absolute Gasteiger partial charge is 0.384 e. The second kappa shape index (κ2) is 9.68. The molecule has 3 aromatic rings. The van der Waals surface area contributed by atoms with Crippen LogP contribution in [-0.2, 0) is 26.0 Å². The molecule has 168 valence electrons. The molecule has 0 radical (unpaired) electrons.